The van der Waals surface area contributed by atoms with E-state index in [0.29, 0.717) is 26.2 Å². The molecule has 182 valence electrons. The monoisotopic (exact) mass is 564 g/mol. The van der Waals surface area contributed by atoms with E-state index >= 15 is 0 Å². The smallest absolute Gasteiger partial charge is 0.343 e. The van der Waals surface area contributed by atoms with Gasteiger partial charge in [0.15, 0.2) is 0 Å². The molecule has 10 heteroatoms. The first-order valence-electron chi connectivity index (χ1n) is 11.1. The number of nitrogens with one attached hydrogen (secondary N) is 2. The third-order valence-corrected chi connectivity index (χ3v) is 7.25. The van der Waals surface area contributed by atoms with Crippen molar-refractivity contribution in [3.05, 3.63) is 79.6 Å². The van der Waals surface area contributed by atoms with E-state index in [1.54, 1.807) is 30.3 Å². The molecule has 1 aromatic heterocycles. The molecular formula is C26H21BrN4O4S. The van der Waals surface area contributed by atoms with Crippen LogP contribution in [0, 0.1) is 18.3 Å². The van der Waals surface area contributed by atoms with E-state index in [1.807, 2.05) is 19.1 Å². The molecule has 0 bridgehead atoms. The average Bonchev–Trinajstić information content (AvgIpc) is 3.22. The van der Waals surface area contributed by atoms with E-state index in [4.69, 9.17) is 4.74 Å². The van der Waals surface area contributed by atoms with Gasteiger partial charge < -0.3 is 10.1 Å². The highest BCUT2D eigenvalue weighted by molar-refractivity contribution is 9.10. The molecule has 36 heavy (non-hydrogen) atoms. The van der Waals surface area contributed by atoms with Gasteiger partial charge in [0.1, 0.15) is 16.8 Å². The molecule has 0 aliphatic heterocycles. The normalized spacial score (nSPS) is 12.5. The Morgan fingerprint density at radius 1 is 1.11 bits per heavy atom. The first kappa shape index (κ1) is 25.3. The number of nitrogens with zero attached hydrogens (tertiary/aromatic N) is 2. The Balaban J connectivity index is 1.42. The quantitative estimate of drug-likeness (QED) is 0.150. The highest BCUT2D eigenvalue weighted by atomic mass is 79.9. The number of amides is 2. The van der Waals surface area contributed by atoms with Crippen LogP contribution in [0.4, 0.5) is 5.00 Å². The van der Waals surface area contributed by atoms with Crippen LogP contribution in [0.15, 0.2) is 52.0 Å². The van der Waals surface area contributed by atoms with Gasteiger partial charge in [0.05, 0.1) is 17.3 Å². The van der Waals surface area contributed by atoms with Crippen LogP contribution in [0.1, 0.15) is 50.3 Å². The van der Waals surface area contributed by atoms with Crippen LogP contribution >= 0.6 is 27.3 Å². The molecule has 1 aliphatic rings. The van der Waals surface area contributed by atoms with Gasteiger partial charge in [-0.1, -0.05) is 33.6 Å². The van der Waals surface area contributed by atoms with Crippen molar-refractivity contribution in [3.63, 3.8) is 0 Å². The largest absolute Gasteiger partial charge is 0.422 e. The number of nitriles is 1. The van der Waals surface area contributed by atoms with Crippen LogP contribution in [0.3, 0.4) is 0 Å². The van der Waals surface area contributed by atoms with E-state index in [0.717, 1.165) is 41.7 Å². The summed E-state index contributed by atoms with van der Waals surface area (Å²) in [6.45, 7) is 1.92. The predicted molar refractivity (Wildman–Crippen MR) is 140 cm³/mol. The second-order valence-corrected chi connectivity index (χ2v) is 10.1. The molecule has 4 rings (SSSR count). The molecule has 0 unspecified atom stereocenters. The van der Waals surface area contributed by atoms with Gasteiger partial charge in [0.2, 0.25) is 0 Å². The maximum absolute atomic E-state index is 12.5. The zero-order valence-corrected chi connectivity index (χ0v) is 21.7. The lowest BCUT2D eigenvalue weighted by Gasteiger charge is -2.09. The van der Waals surface area contributed by atoms with E-state index in [9.17, 15) is 19.6 Å². The number of benzene rings is 2. The van der Waals surface area contributed by atoms with Gasteiger partial charge in [-0.05, 0) is 68.5 Å². The minimum absolute atomic E-state index is 0.231. The molecule has 0 radical (unpaired) electrons. The van der Waals surface area contributed by atoms with Gasteiger partial charge in [0.25, 0.3) is 0 Å². The number of carbonyl (C=O) groups is 3. The summed E-state index contributed by atoms with van der Waals surface area (Å²) in [5.41, 5.74) is 5.38. The van der Waals surface area contributed by atoms with Gasteiger partial charge in [-0.2, -0.15) is 10.4 Å². The molecule has 0 fully saturated rings. The zero-order valence-electron chi connectivity index (χ0n) is 19.3. The molecule has 0 spiro atoms. The summed E-state index contributed by atoms with van der Waals surface area (Å²) in [5, 5.41) is 16.3. The molecule has 0 atom stereocenters. The second-order valence-electron chi connectivity index (χ2n) is 8.12. The standard InChI is InChI=1S/C26H21BrN4O4S/c1-15-6-8-16(9-7-15)26(34)35-21-11-10-18(27)12-17(21)14-29-31-24(33)23(32)30-25-20(13-28)19-4-2-3-5-22(19)36-25/h6-12,14H,2-5H2,1H3,(H,30,32)(H,31,33)/b29-14-. The number of fused-ring (bicyclic) bond motifs is 1. The molecule has 3 aromatic rings. The topological polar surface area (TPSA) is 121 Å². The minimum atomic E-state index is -0.991. The highest BCUT2D eigenvalue weighted by Gasteiger charge is 2.23. The predicted octanol–water partition coefficient (Wildman–Crippen LogP) is 4.88. The summed E-state index contributed by atoms with van der Waals surface area (Å²) in [6.07, 6.45) is 4.98. The van der Waals surface area contributed by atoms with Crippen molar-refractivity contribution < 1.29 is 19.1 Å². The Kier molecular flexibility index (Phi) is 7.93. The second kappa shape index (κ2) is 11.3. The number of halogens is 1. The fourth-order valence-electron chi connectivity index (χ4n) is 3.70. The zero-order chi connectivity index (χ0) is 25.7. The molecule has 1 heterocycles. The van der Waals surface area contributed by atoms with Crippen molar-refractivity contribution in [1.82, 2.24) is 5.43 Å². The van der Waals surface area contributed by atoms with Gasteiger partial charge >= 0.3 is 17.8 Å². The van der Waals surface area contributed by atoms with Crippen molar-refractivity contribution in [2.24, 2.45) is 5.10 Å². The highest BCUT2D eigenvalue weighted by Crippen LogP contribution is 2.37. The first-order valence-corrected chi connectivity index (χ1v) is 12.7. The number of esters is 1. The van der Waals surface area contributed by atoms with E-state index in [-0.39, 0.29) is 5.75 Å². The van der Waals surface area contributed by atoms with Gasteiger partial charge in [-0.3, -0.25) is 9.59 Å². The lowest BCUT2D eigenvalue weighted by Crippen LogP contribution is -2.32. The summed E-state index contributed by atoms with van der Waals surface area (Å²) < 4.78 is 6.21. The Morgan fingerprint density at radius 2 is 1.86 bits per heavy atom. The number of ether oxygens (including phenoxy) is 1. The van der Waals surface area contributed by atoms with Crippen molar-refractivity contribution in [2.45, 2.75) is 32.6 Å². The van der Waals surface area contributed by atoms with Gasteiger partial charge in [0, 0.05) is 14.9 Å². The Morgan fingerprint density at radius 3 is 2.61 bits per heavy atom. The number of thiophene rings is 1. The number of hydrogen-bond acceptors (Lipinski definition) is 7. The van der Waals surface area contributed by atoms with Crippen molar-refractivity contribution in [1.29, 1.82) is 5.26 Å². The number of hydrazone groups is 1. The summed E-state index contributed by atoms with van der Waals surface area (Å²) in [6, 6.07) is 14.1. The number of aryl methyl sites for hydroxylation is 2. The molecule has 0 saturated heterocycles. The van der Waals surface area contributed by atoms with E-state index in [1.165, 1.54) is 17.6 Å². The summed E-state index contributed by atoms with van der Waals surface area (Å²) in [5.74, 6) is -2.23. The van der Waals surface area contributed by atoms with Crippen molar-refractivity contribution in [2.75, 3.05) is 5.32 Å². The van der Waals surface area contributed by atoms with Crippen LogP contribution in [-0.2, 0) is 22.4 Å². The van der Waals surface area contributed by atoms with Crippen LogP contribution in [0.2, 0.25) is 0 Å². The molecular weight excluding hydrogens is 544 g/mol. The molecule has 2 aromatic carbocycles. The average molecular weight is 565 g/mol. The van der Waals surface area contributed by atoms with Gasteiger partial charge in [-0.15, -0.1) is 11.3 Å². The van der Waals surface area contributed by atoms with Crippen molar-refractivity contribution >= 4 is 56.3 Å². The van der Waals surface area contributed by atoms with Crippen LogP contribution in [-0.4, -0.2) is 24.0 Å². The fourth-order valence-corrected chi connectivity index (χ4v) is 5.32. The Hall–Kier alpha value is -3.81. The molecule has 1 aliphatic carbocycles. The van der Waals surface area contributed by atoms with E-state index in [2.05, 4.69) is 37.8 Å². The minimum Gasteiger partial charge on any atom is -0.422 e. The summed E-state index contributed by atoms with van der Waals surface area (Å²) in [4.78, 5) is 38.3. The lowest BCUT2D eigenvalue weighted by atomic mass is 9.96. The third kappa shape index (κ3) is 5.87. The van der Waals surface area contributed by atoms with Crippen LogP contribution < -0.4 is 15.5 Å². The number of rotatable bonds is 5. The Labute approximate surface area is 220 Å². The first-order chi connectivity index (χ1) is 17.4. The number of anilines is 1. The summed E-state index contributed by atoms with van der Waals surface area (Å²) >= 11 is 4.69. The Bertz CT molecular complexity index is 1410. The third-order valence-electron chi connectivity index (χ3n) is 5.55. The van der Waals surface area contributed by atoms with E-state index < -0.39 is 17.8 Å². The fraction of sp³-hybridized carbons (Fsp3) is 0.192. The van der Waals surface area contributed by atoms with Crippen LogP contribution in [0.25, 0.3) is 0 Å². The molecule has 2 amide bonds. The number of carbonyl (C=O) groups excluding carboxylic acids is 3. The lowest BCUT2D eigenvalue weighted by molar-refractivity contribution is -0.136. The number of hydrogen-bond donors (Lipinski definition) is 2. The van der Waals surface area contributed by atoms with Gasteiger partial charge in [-0.25, -0.2) is 10.2 Å². The SMILES string of the molecule is Cc1ccc(C(=O)Oc2ccc(Br)cc2/C=N\NC(=O)C(=O)Nc2sc3c(c2C#N)CCCC3)cc1. The van der Waals surface area contributed by atoms with Crippen LogP contribution in [0.5, 0.6) is 5.75 Å². The molecule has 8 nitrogen and oxygen atoms in total. The summed E-state index contributed by atoms with van der Waals surface area (Å²) in [7, 11) is 0. The molecule has 0 saturated carbocycles. The van der Waals surface area contributed by atoms with Crippen molar-refractivity contribution in [3.8, 4) is 11.8 Å². The maximum Gasteiger partial charge on any atom is 0.343 e. The maximum atomic E-state index is 12.5. The molecule has 2 N–H and O–H groups in total.